The van der Waals surface area contributed by atoms with Crippen LogP contribution in [-0.2, 0) is 0 Å². The molecule has 1 unspecified atom stereocenters. The molecule has 0 aliphatic heterocycles. The van der Waals surface area contributed by atoms with E-state index in [0.717, 1.165) is 0 Å². The van der Waals surface area contributed by atoms with Crippen LogP contribution >= 0.6 is 0 Å². The van der Waals surface area contributed by atoms with E-state index in [1.54, 1.807) is 0 Å². The Labute approximate surface area is 105 Å². The number of hydrogen-bond donors (Lipinski definition) is 2. The third-order valence-corrected chi connectivity index (χ3v) is 4.19. The van der Waals surface area contributed by atoms with Gasteiger partial charge in [-0.1, -0.05) is 44.2 Å². The van der Waals surface area contributed by atoms with Gasteiger partial charge in [0.1, 0.15) is 0 Å². The molecule has 1 atom stereocenters. The fourth-order valence-electron chi connectivity index (χ4n) is 2.92. The fraction of sp³-hybridized carbons (Fsp3) is 0.600. The summed E-state index contributed by atoms with van der Waals surface area (Å²) in [5, 5.41) is 0. The summed E-state index contributed by atoms with van der Waals surface area (Å²) < 4.78 is 0. The summed E-state index contributed by atoms with van der Waals surface area (Å²) in [4.78, 5) is 0. The van der Waals surface area contributed by atoms with Crippen molar-refractivity contribution in [3.8, 4) is 0 Å². The molecule has 1 aliphatic rings. The summed E-state index contributed by atoms with van der Waals surface area (Å²) in [7, 11) is 0. The maximum Gasteiger partial charge on any atom is 0.0488 e. The van der Waals surface area contributed by atoms with Crippen molar-refractivity contribution in [3.63, 3.8) is 0 Å². The monoisotopic (exact) mass is 232 g/mol. The maximum absolute atomic E-state index is 5.75. The molecule has 17 heavy (non-hydrogen) atoms. The van der Waals surface area contributed by atoms with Gasteiger partial charge >= 0.3 is 0 Å². The Morgan fingerprint density at radius 3 is 2.29 bits per heavy atom. The molecule has 0 amide bonds. The van der Waals surface area contributed by atoms with Crippen molar-refractivity contribution in [2.24, 2.45) is 17.2 Å². The molecule has 0 radical (unpaired) electrons. The van der Waals surface area contributed by atoms with Crippen molar-refractivity contribution in [1.82, 2.24) is 5.43 Å². The van der Waals surface area contributed by atoms with Crippen LogP contribution < -0.4 is 11.3 Å². The van der Waals surface area contributed by atoms with Gasteiger partial charge in [-0.2, -0.15) is 0 Å². The second-order valence-corrected chi connectivity index (χ2v) is 6.06. The number of nitrogens with two attached hydrogens (primary N) is 1. The molecule has 2 rings (SSSR count). The highest BCUT2D eigenvalue weighted by Crippen LogP contribution is 2.42. The first kappa shape index (κ1) is 12.6. The third-order valence-electron chi connectivity index (χ3n) is 4.19. The Bertz CT molecular complexity index is 335. The summed E-state index contributed by atoms with van der Waals surface area (Å²) in [5.41, 5.74) is 4.85. The molecule has 2 nitrogen and oxygen atoms in total. The SMILES string of the molecule is CC1(C)CCC(C(NN)c2ccccc2)CC1. The smallest absolute Gasteiger partial charge is 0.0488 e. The average Bonchev–Trinajstić information content (AvgIpc) is 2.33. The van der Waals surface area contributed by atoms with E-state index in [1.165, 1.54) is 31.2 Å². The molecule has 0 heterocycles. The molecule has 0 bridgehead atoms. The predicted octanol–water partition coefficient (Wildman–Crippen LogP) is 3.41. The minimum Gasteiger partial charge on any atom is -0.271 e. The number of hydrogen-bond acceptors (Lipinski definition) is 2. The molecule has 0 saturated heterocycles. The van der Waals surface area contributed by atoms with Crippen molar-refractivity contribution >= 4 is 0 Å². The van der Waals surface area contributed by atoms with E-state index in [4.69, 9.17) is 5.84 Å². The molecule has 1 saturated carbocycles. The van der Waals surface area contributed by atoms with Gasteiger partial charge in [-0.15, -0.1) is 0 Å². The molecule has 1 fully saturated rings. The summed E-state index contributed by atoms with van der Waals surface area (Å²) in [5.74, 6) is 6.43. The van der Waals surface area contributed by atoms with Crippen LogP contribution in [0.1, 0.15) is 51.1 Å². The number of rotatable bonds is 3. The van der Waals surface area contributed by atoms with Crippen LogP contribution in [0.25, 0.3) is 0 Å². The molecule has 0 aromatic heterocycles. The third kappa shape index (κ3) is 3.08. The summed E-state index contributed by atoms with van der Waals surface area (Å²) >= 11 is 0. The van der Waals surface area contributed by atoms with E-state index in [-0.39, 0.29) is 0 Å². The van der Waals surface area contributed by atoms with Gasteiger partial charge in [0.2, 0.25) is 0 Å². The van der Waals surface area contributed by atoms with Crippen molar-refractivity contribution in [2.45, 2.75) is 45.6 Å². The summed E-state index contributed by atoms with van der Waals surface area (Å²) in [6.45, 7) is 4.74. The van der Waals surface area contributed by atoms with Crippen LogP contribution in [0.5, 0.6) is 0 Å². The Balaban J connectivity index is 2.05. The largest absolute Gasteiger partial charge is 0.271 e. The lowest BCUT2D eigenvalue weighted by atomic mass is 9.70. The van der Waals surface area contributed by atoms with Crippen molar-refractivity contribution in [2.75, 3.05) is 0 Å². The van der Waals surface area contributed by atoms with Crippen LogP contribution in [0.2, 0.25) is 0 Å². The second-order valence-electron chi connectivity index (χ2n) is 6.06. The lowest BCUT2D eigenvalue weighted by Gasteiger charge is -2.38. The van der Waals surface area contributed by atoms with Gasteiger partial charge in [0.15, 0.2) is 0 Å². The molecule has 94 valence electrons. The topological polar surface area (TPSA) is 38.0 Å². The van der Waals surface area contributed by atoms with Crippen LogP contribution in [0, 0.1) is 11.3 Å². The normalized spacial score (nSPS) is 22.3. The highest BCUT2D eigenvalue weighted by atomic mass is 15.2. The molecule has 0 spiro atoms. The van der Waals surface area contributed by atoms with E-state index in [1.807, 2.05) is 0 Å². The van der Waals surface area contributed by atoms with E-state index < -0.39 is 0 Å². The summed E-state index contributed by atoms with van der Waals surface area (Å²) in [6, 6.07) is 10.9. The Morgan fingerprint density at radius 2 is 1.76 bits per heavy atom. The predicted molar refractivity (Wildman–Crippen MR) is 72.2 cm³/mol. The van der Waals surface area contributed by atoms with Gasteiger partial charge < -0.3 is 0 Å². The minimum atomic E-state index is 0.312. The molecular weight excluding hydrogens is 208 g/mol. The van der Waals surface area contributed by atoms with Gasteiger partial charge in [-0.3, -0.25) is 11.3 Å². The van der Waals surface area contributed by atoms with E-state index in [9.17, 15) is 0 Å². The van der Waals surface area contributed by atoms with Gasteiger partial charge in [0, 0.05) is 6.04 Å². The first-order valence-electron chi connectivity index (χ1n) is 6.63. The van der Waals surface area contributed by atoms with Gasteiger partial charge in [0.05, 0.1) is 0 Å². The minimum absolute atomic E-state index is 0.312. The standard InChI is InChI=1S/C15H24N2/c1-15(2)10-8-13(9-11-15)14(17-16)12-6-4-3-5-7-12/h3-7,13-14,17H,8-11,16H2,1-2H3. The lowest BCUT2D eigenvalue weighted by Crippen LogP contribution is -2.36. The Hall–Kier alpha value is -0.860. The number of hydrazine groups is 1. The molecule has 1 aromatic carbocycles. The molecule has 1 aliphatic carbocycles. The quantitative estimate of drug-likeness (QED) is 0.619. The number of benzene rings is 1. The van der Waals surface area contributed by atoms with Crippen LogP contribution in [-0.4, -0.2) is 0 Å². The van der Waals surface area contributed by atoms with E-state index >= 15 is 0 Å². The van der Waals surface area contributed by atoms with Crippen molar-refractivity contribution < 1.29 is 0 Å². The second kappa shape index (κ2) is 5.19. The lowest BCUT2D eigenvalue weighted by molar-refractivity contribution is 0.161. The highest BCUT2D eigenvalue weighted by Gasteiger charge is 2.31. The van der Waals surface area contributed by atoms with Crippen LogP contribution in [0.15, 0.2) is 30.3 Å². The molecular formula is C15H24N2. The van der Waals surface area contributed by atoms with Gasteiger partial charge in [-0.05, 0) is 42.6 Å². The number of nitrogens with one attached hydrogen (secondary N) is 1. The molecule has 1 aromatic rings. The van der Waals surface area contributed by atoms with Gasteiger partial charge in [0.25, 0.3) is 0 Å². The van der Waals surface area contributed by atoms with E-state index in [0.29, 0.717) is 17.4 Å². The first-order valence-corrected chi connectivity index (χ1v) is 6.63. The van der Waals surface area contributed by atoms with Crippen molar-refractivity contribution in [1.29, 1.82) is 0 Å². The fourth-order valence-corrected chi connectivity index (χ4v) is 2.92. The van der Waals surface area contributed by atoms with Gasteiger partial charge in [-0.25, -0.2) is 0 Å². The Kier molecular flexibility index (Phi) is 3.85. The van der Waals surface area contributed by atoms with Crippen molar-refractivity contribution in [3.05, 3.63) is 35.9 Å². The maximum atomic E-state index is 5.75. The zero-order valence-corrected chi connectivity index (χ0v) is 10.9. The molecule has 2 heteroatoms. The Morgan fingerprint density at radius 1 is 1.18 bits per heavy atom. The van der Waals surface area contributed by atoms with E-state index in [2.05, 4.69) is 49.6 Å². The first-order chi connectivity index (χ1) is 8.12. The zero-order chi connectivity index (χ0) is 12.3. The molecule has 3 N–H and O–H groups in total. The summed E-state index contributed by atoms with van der Waals surface area (Å²) in [6.07, 6.45) is 5.17. The zero-order valence-electron chi connectivity index (χ0n) is 10.9. The highest BCUT2D eigenvalue weighted by molar-refractivity contribution is 5.19. The average molecular weight is 232 g/mol. The van der Waals surface area contributed by atoms with Crippen LogP contribution in [0.3, 0.4) is 0 Å². The van der Waals surface area contributed by atoms with Crippen LogP contribution in [0.4, 0.5) is 0 Å².